The fourth-order valence-electron chi connectivity index (χ4n) is 2.58. The summed E-state index contributed by atoms with van der Waals surface area (Å²) in [5.74, 6) is -0.642. The van der Waals surface area contributed by atoms with Crippen molar-refractivity contribution in [3.05, 3.63) is 64.2 Å². The van der Waals surface area contributed by atoms with Crippen LogP contribution < -0.4 is 16.4 Å². The number of hydrogen-bond donors (Lipinski definition) is 3. The fraction of sp³-hybridized carbons (Fsp3) is 0.158. The number of rotatable bonds is 4. The van der Waals surface area contributed by atoms with E-state index in [2.05, 4.69) is 15.6 Å². The molecule has 0 saturated carbocycles. The van der Waals surface area contributed by atoms with Crippen LogP contribution in [0.2, 0.25) is 0 Å². The minimum atomic E-state index is -4.53. The highest BCUT2D eigenvalue weighted by molar-refractivity contribution is 7.14. The number of aryl methyl sites for hydroxylation is 2. The van der Waals surface area contributed by atoms with E-state index in [4.69, 9.17) is 5.73 Å². The summed E-state index contributed by atoms with van der Waals surface area (Å²) in [6, 6.07) is 8.61. The SMILES string of the molecule is Cc1cccc(C)c1Nc1nc(C(=O)Nc2cc(C(F)(F)F)ccc2N)cs1. The molecular weight excluding hydrogens is 389 g/mol. The van der Waals surface area contributed by atoms with Crippen molar-refractivity contribution < 1.29 is 18.0 Å². The lowest BCUT2D eigenvalue weighted by Crippen LogP contribution is -2.15. The maximum atomic E-state index is 12.9. The quantitative estimate of drug-likeness (QED) is 0.510. The topological polar surface area (TPSA) is 80.0 Å². The maximum Gasteiger partial charge on any atom is 0.416 e. The van der Waals surface area contributed by atoms with Crippen molar-refractivity contribution in [1.82, 2.24) is 4.98 Å². The number of nitrogens with one attached hydrogen (secondary N) is 2. The van der Waals surface area contributed by atoms with Gasteiger partial charge in [0, 0.05) is 11.1 Å². The molecule has 0 fully saturated rings. The number of para-hydroxylation sites is 1. The second-order valence-corrected chi connectivity index (χ2v) is 7.04. The zero-order valence-corrected chi connectivity index (χ0v) is 15.8. The van der Waals surface area contributed by atoms with E-state index in [1.165, 1.54) is 16.7 Å². The van der Waals surface area contributed by atoms with Gasteiger partial charge in [-0.05, 0) is 43.2 Å². The number of aromatic nitrogens is 1. The normalized spacial score (nSPS) is 11.3. The summed E-state index contributed by atoms with van der Waals surface area (Å²) in [5, 5.41) is 7.59. The molecule has 28 heavy (non-hydrogen) atoms. The van der Waals surface area contributed by atoms with E-state index in [9.17, 15) is 18.0 Å². The zero-order chi connectivity index (χ0) is 20.5. The molecular formula is C19H17F3N4OS. The third kappa shape index (κ3) is 4.25. The van der Waals surface area contributed by atoms with E-state index in [0.29, 0.717) is 5.13 Å². The summed E-state index contributed by atoms with van der Waals surface area (Å²) < 4.78 is 38.6. The first-order valence-electron chi connectivity index (χ1n) is 8.22. The Bertz CT molecular complexity index is 1010. The van der Waals surface area contributed by atoms with E-state index in [0.717, 1.165) is 35.0 Å². The first kappa shape index (κ1) is 19.7. The number of carbonyl (C=O) groups is 1. The van der Waals surface area contributed by atoms with E-state index in [1.807, 2.05) is 32.0 Å². The number of amides is 1. The van der Waals surface area contributed by atoms with Crippen molar-refractivity contribution in [3.63, 3.8) is 0 Å². The monoisotopic (exact) mass is 406 g/mol. The van der Waals surface area contributed by atoms with E-state index >= 15 is 0 Å². The van der Waals surface area contributed by atoms with E-state index < -0.39 is 17.6 Å². The predicted octanol–water partition coefficient (Wildman–Crippen LogP) is 5.36. The summed E-state index contributed by atoms with van der Waals surface area (Å²) in [7, 11) is 0. The molecule has 0 aliphatic rings. The molecule has 5 nitrogen and oxygen atoms in total. The van der Waals surface area contributed by atoms with Gasteiger partial charge in [0.05, 0.1) is 16.9 Å². The molecule has 3 rings (SSSR count). The van der Waals surface area contributed by atoms with Gasteiger partial charge in [0.2, 0.25) is 0 Å². The lowest BCUT2D eigenvalue weighted by Gasteiger charge is -2.12. The van der Waals surface area contributed by atoms with Gasteiger partial charge in [0.1, 0.15) is 5.69 Å². The minimum absolute atomic E-state index is 0.0328. The molecule has 3 aromatic rings. The number of thiazole rings is 1. The van der Waals surface area contributed by atoms with Crippen LogP contribution in [-0.4, -0.2) is 10.9 Å². The molecule has 0 bridgehead atoms. The Morgan fingerprint density at radius 2 is 1.82 bits per heavy atom. The average Bonchev–Trinajstić information content (AvgIpc) is 3.08. The van der Waals surface area contributed by atoms with Gasteiger partial charge < -0.3 is 16.4 Å². The molecule has 1 heterocycles. The summed E-state index contributed by atoms with van der Waals surface area (Å²) >= 11 is 1.22. The zero-order valence-electron chi connectivity index (χ0n) is 15.0. The Morgan fingerprint density at radius 1 is 1.14 bits per heavy atom. The molecule has 2 aromatic carbocycles. The molecule has 1 aromatic heterocycles. The molecule has 146 valence electrons. The van der Waals surface area contributed by atoms with Crippen molar-refractivity contribution in [1.29, 1.82) is 0 Å². The Morgan fingerprint density at radius 3 is 2.46 bits per heavy atom. The number of benzene rings is 2. The highest BCUT2D eigenvalue weighted by Crippen LogP contribution is 2.33. The number of nitrogens with zero attached hydrogens (tertiary/aromatic N) is 1. The van der Waals surface area contributed by atoms with Crippen molar-refractivity contribution in [2.75, 3.05) is 16.4 Å². The first-order valence-corrected chi connectivity index (χ1v) is 9.10. The first-order chi connectivity index (χ1) is 13.1. The van der Waals surface area contributed by atoms with Crippen molar-refractivity contribution in [2.45, 2.75) is 20.0 Å². The van der Waals surface area contributed by atoms with Crippen molar-refractivity contribution in [3.8, 4) is 0 Å². The van der Waals surface area contributed by atoms with Crippen LogP contribution in [0.5, 0.6) is 0 Å². The Hall–Kier alpha value is -3.07. The van der Waals surface area contributed by atoms with Gasteiger partial charge in [-0.2, -0.15) is 13.2 Å². The molecule has 0 spiro atoms. The van der Waals surface area contributed by atoms with Gasteiger partial charge in [-0.25, -0.2) is 4.98 Å². The predicted molar refractivity (Wildman–Crippen MR) is 105 cm³/mol. The molecule has 0 atom stereocenters. The number of carbonyl (C=O) groups excluding carboxylic acids is 1. The molecule has 4 N–H and O–H groups in total. The fourth-order valence-corrected chi connectivity index (χ4v) is 3.28. The summed E-state index contributed by atoms with van der Waals surface area (Å²) in [5.41, 5.74) is 7.74. The minimum Gasteiger partial charge on any atom is -0.397 e. The van der Waals surface area contributed by atoms with Crippen LogP contribution in [0.15, 0.2) is 41.8 Å². The standard InChI is InChI=1S/C19H17F3N4OS/c1-10-4-3-5-11(2)16(10)26-18-25-15(9-28-18)17(27)24-14-8-12(19(20,21)22)6-7-13(14)23/h3-9H,23H2,1-2H3,(H,24,27)(H,25,26). The maximum absolute atomic E-state index is 12.9. The Kier molecular flexibility index (Phi) is 5.28. The molecule has 0 radical (unpaired) electrons. The number of nitrogens with two attached hydrogens (primary N) is 1. The smallest absolute Gasteiger partial charge is 0.397 e. The molecule has 0 aliphatic heterocycles. The van der Waals surface area contributed by atoms with Crippen LogP contribution in [0.4, 0.5) is 35.4 Å². The number of hydrogen-bond acceptors (Lipinski definition) is 5. The van der Waals surface area contributed by atoms with E-state index in [-0.39, 0.29) is 17.1 Å². The van der Waals surface area contributed by atoms with Crippen LogP contribution >= 0.6 is 11.3 Å². The third-order valence-corrected chi connectivity index (χ3v) is 4.84. The van der Waals surface area contributed by atoms with Gasteiger partial charge >= 0.3 is 6.18 Å². The largest absolute Gasteiger partial charge is 0.416 e. The van der Waals surface area contributed by atoms with Crippen LogP contribution in [0.3, 0.4) is 0 Å². The second-order valence-electron chi connectivity index (χ2n) is 6.18. The summed E-state index contributed by atoms with van der Waals surface area (Å²) in [6.45, 7) is 3.90. The molecule has 9 heteroatoms. The van der Waals surface area contributed by atoms with Crippen LogP contribution in [0.25, 0.3) is 0 Å². The molecule has 0 unspecified atom stereocenters. The lowest BCUT2D eigenvalue weighted by molar-refractivity contribution is -0.137. The molecule has 0 aliphatic carbocycles. The molecule has 1 amide bonds. The lowest BCUT2D eigenvalue weighted by atomic mass is 10.1. The molecule has 0 saturated heterocycles. The van der Waals surface area contributed by atoms with Gasteiger partial charge in [-0.3, -0.25) is 4.79 Å². The number of anilines is 4. The van der Waals surface area contributed by atoms with Gasteiger partial charge in [0.25, 0.3) is 5.91 Å². The third-order valence-electron chi connectivity index (χ3n) is 4.08. The van der Waals surface area contributed by atoms with Gasteiger partial charge in [-0.1, -0.05) is 18.2 Å². The highest BCUT2D eigenvalue weighted by Gasteiger charge is 2.31. The summed E-state index contributed by atoms with van der Waals surface area (Å²) in [4.78, 5) is 16.6. The number of alkyl halides is 3. The second kappa shape index (κ2) is 7.51. The highest BCUT2D eigenvalue weighted by atomic mass is 32.1. The Labute approximate surface area is 163 Å². The van der Waals surface area contributed by atoms with Crippen LogP contribution in [0, 0.1) is 13.8 Å². The van der Waals surface area contributed by atoms with E-state index in [1.54, 1.807) is 0 Å². The summed E-state index contributed by atoms with van der Waals surface area (Å²) in [6.07, 6.45) is -4.53. The van der Waals surface area contributed by atoms with Crippen LogP contribution in [0.1, 0.15) is 27.2 Å². The van der Waals surface area contributed by atoms with Crippen molar-refractivity contribution >= 4 is 39.4 Å². The van der Waals surface area contributed by atoms with Gasteiger partial charge in [0.15, 0.2) is 5.13 Å². The number of nitrogen functional groups attached to an aromatic ring is 1. The van der Waals surface area contributed by atoms with Crippen LogP contribution in [-0.2, 0) is 6.18 Å². The van der Waals surface area contributed by atoms with Gasteiger partial charge in [-0.15, -0.1) is 11.3 Å². The van der Waals surface area contributed by atoms with Crippen molar-refractivity contribution in [2.24, 2.45) is 0 Å². The Balaban J connectivity index is 1.78. The number of halogens is 3. The average molecular weight is 406 g/mol.